The van der Waals surface area contributed by atoms with E-state index in [1.54, 1.807) is 0 Å². The summed E-state index contributed by atoms with van der Waals surface area (Å²) in [5, 5.41) is 14.6. The maximum Gasteiger partial charge on any atom is 0.418 e. The maximum absolute atomic E-state index is 13.6. The lowest BCUT2D eigenvalue weighted by molar-refractivity contribution is -0.136. The Bertz CT molecular complexity index is 1280. The first kappa shape index (κ1) is 22.8. The van der Waals surface area contributed by atoms with Gasteiger partial charge in [-0.05, 0) is 49.4 Å². The third-order valence-corrected chi connectivity index (χ3v) is 5.62. The number of anilines is 2. The fraction of sp³-hybridized carbons (Fsp3) is 0.105. The average molecular weight is 469 g/mol. The number of sulfonamides is 1. The van der Waals surface area contributed by atoms with Crippen LogP contribution in [-0.4, -0.2) is 30.6 Å². The number of carbonyl (C=O) groups excluding carboxylic acids is 1. The molecule has 0 aliphatic heterocycles. The second-order valence-electron chi connectivity index (χ2n) is 6.44. The average Bonchev–Trinajstić information content (AvgIpc) is 3.14. The summed E-state index contributed by atoms with van der Waals surface area (Å²) in [6, 6.07) is 6.43. The Balaban J connectivity index is 1.91. The number of carboxylic acids is 1. The van der Waals surface area contributed by atoms with E-state index < -0.39 is 44.2 Å². The van der Waals surface area contributed by atoms with Crippen LogP contribution >= 0.6 is 0 Å². The lowest BCUT2D eigenvalue weighted by Gasteiger charge is -2.16. The third-order valence-electron chi connectivity index (χ3n) is 4.23. The third kappa shape index (κ3) is 4.88. The van der Waals surface area contributed by atoms with Crippen LogP contribution in [0.3, 0.4) is 0 Å². The second-order valence-corrected chi connectivity index (χ2v) is 8.13. The van der Waals surface area contributed by atoms with Gasteiger partial charge in [0.1, 0.15) is 11.3 Å². The molecule has 0 radical (unpaired) electrons. The van der Waals surface area contributed by atoms with Crippen LogP contribution < -0.4 is 10.0 Å². The molecule has 0 fully saturated rings. The molecule has 0 unspecified atom stereocenters. The van der Waals surface area contributed by atoms with Crippen molar-refractivity contribution in [2.75, 3.05) is 10.0 Å². The first-order chi connectivity index (χ1) is 14.9. The lowest BCUT2D eigenvalue weighted by Crippen LogP contribution is -2.18. The van der Waals surface area contributed by atoms with E-state index in [1.807, 2.05) is 4.72 Å². The number of nitrogens with one attached hydrogen (secondary N) is 2. The number of carboxylic acid groups (broad SMARTS) is 1. The minimum absolute atomic E-state index is 0.0214. The van der Waals surface area contributed by atoms with Gasteiger partial charge in [0, 0.05) is 5.69 Å². The van der Waals surface area contributed by atoms with Gasteiger partial charge in [0.05, 0.1) is 27.9 Å². The zero-order chi connectivity index (χ0) is 23.7. The minimum Gasteiger partial charge on any atom is -0.478 e. The predicted octanol–water partition coefficient (Wildman–Crippen LogP) is 3.75. The van der Waals surface area contributed by atoms with Crippen LogP contribution in [0.4, 0.5) is 24.5 Å². The van der Waals surface area contributed by atoms with Crippen LogP contribution in [0.1, 0.15) is 32.0 Å². The van der Waals surface area contributed by atoms with E-state index in [1.165, 1.54) is 6.92 Å². The molecule has 1 aromatic heterocycles. The molecule has 0 saturated carbocycles. The van der Waals surface area contributed by atoms with Gasteiger partial charge in [0.25, 0.3) is 15.9 Å². The molecule has 0 saturated heterocycles. The number of aromatic carboxylic acids is 1. The van der Waals surface area contributed by atoms with E-state index >= 15 is 0 Å². The molecule has 3 rings (SSSR count). The Morgan fingerprint density at radius 2 is 1.75 bits per heavy atom. The summed E-state index contributed by atoms with van der Waals surface area (Å²) in [5.41, 5.74) is -2.53. The largest absolute Gasteiger partial charge is 0.478 e. The molecule has 32 heavy (non-hydrogen) atoms. The number of halogens is 3. The Hall–Kier alpha value is -3.87. The monoisotopic (exact) mass is 469 g/mol. The van der Waals surface area contributed by atoms with Crippen molar-refractivity contribution >= 4 is 33.3 Å². The van der Waals surface area contributed by atoms with Crippen LogP contribution in [0, 0.1) is 6.92 Å². The van der Waals surface area contributed by atoms with E-state index in [-0.39, 0.29) is 22.6 Å². The molecular weight excluding hydrogens is 455 g/mol. The van der Waals surface area contributed by atoms with E-state index in [9.17, 15) is 31.2 Å². The Kier molecular flexibility index (Phi) is 5.94. The molecular formula is C19H14F3N3O6S. The smallest absolute Gasteiger partial charge is 0.418 e. The molecule has 1 heterocycles. The highest BCUT2D eigenvalue weighted by atomic mass is 32.2. The van der Waals surface area contributed by atoms with Crippen molar-refractivity contribution < 1.29 is 40.8 Å². The molecule has 3 N–H and O–H groups in total. The van der Waals surface area contributed by atoms with Crippen molar-refractivity contribution in [3.05, 3.63) is 71.1 Å². The van der Waals surface area contributed by atoms with Gasteiger partial charge in [0.2, 0.25) is 0 Å². The molecule has 9 nitrogen and oxygen atoms in total. The van der Waals surface area contributed by atoms with Crippen molar-refractivity contribution in [3.8, 4) is 0 Å². The molecule has 0 aliphatic rings. The zero-order valence-corrected chi connectivity index (χ0v) is 16.9. The number of benzene rings is 2. The lowest BCUT2D eigenvalue weighted by atomic mass is 10.1. The van der Waals surface area contributed by atoms with Crippen molar-refractivity contribution in [1.29, 1.82) is 0 Å². The highest BCUT2D eigenvalue weighted by Gasteiger charge is 2.35. The van der Waals surface area contributed by atoms with Crippen LogP contribution in [-0.2, 0) is 16.2 Å². The Morgan fingerprint density at radius 1 is 1.09 bits per heavy atom. The number of rotatable bonds is 6. The number of aromatic nitrogens is 1. The van der Waals surface area contributed by atoms with Gasteiger partial charge in [-0.25, -0.2) is 13.2 Å². The second kappa shape index (κ2) is 8.34. The molecule has 0 bridgehead atoms. The number of alkyl halides is 3. The molecule has 0 atom stereocenters. The van der Waals surface area contributed by atoms with Gasteiger partial charge in [0.15, 0.2) is 0 Å². The van der Waals surface area contributed by atoms with Gasteiger partial charge in [-0.2, -0.15) is 13.2 Å². The topological polar surface area (TPSA) is 139 Å². The quantitative estimate of drug-likeness (QED) is 0.500. The Morgan fingerprint density at radius 3 is 2.28 bits per heavy atom. The van der Waals surface area contributed by atoms with Crippen molar-refractivity contribution in [2.24, 2.45) is 0 Å². The van der Waals surface area contributed by atoms with Crippen molar-refractivity contribution in [3.63, 3.8) is 0 Å². The van der Waals surface area contributed by atoms with Crippen molar-refractivity contribution in [1.82, 2.24) is 5.16 Å². The van der Waals surface area contributed by atoms with E-state index in [0.717, 1.165) is 42.6 Å². The fourth-order valence-electron chi connectivity index (χ4n) is 2.64. The van der Waals surface area contributed by atoms with Gasteiger partial charge in [-0.1, -0.05) is 5.16 Å². The van der Waals surface area contributed by atoms with E-state index in [0.29, 0.717) is 6.07 Å². The summed E-state index contributed by atoms with van der Waals surface area (Å²) in [6.45, 7) is 1.45. The number of amides is 1. The van der Waals surface area contributed by atoms with Crippen molar-refractivity contribution in [2.45, 2.75) is 18.0 Å². The SMILES string of the molecule is Cc1oncc1C(=O)Nc1ccc(NS(=O)(=O)c2ccc(C(=O)O)cc2)c(C(F)(F)F)c1. The number of hydrogen-bond acceptors (Lipinski definition) is 6. The van der Waals surface area contributed by atoms with E-state index in [4.69, 9.17) is 9.63 Å². The normalized spacial score (nSPS) is 11.8. The highest BCUT2D eigenvalue weighted by Crippen LogP contribution is 2.37. The fourth-order valence-corrected chi connectivity index (χ4v) is 3.72. The minimum atomic E-state index is -4.96. The number of hydrogen-bond donors (Lipinski definition) is 3. The molecule has 168 valence electrons. The Labute approximate surface area is 178 Å². The van der Waals surface area contributed by atoms with Crippen LogP contribution in [0.15, 0.2) is 58.1 Å². The number of carbonyl (C=O) groups is 2. The van der Waals surface area contributed by atoms with E-state index in [2.05, 4.69) is 10.5 Å². The summed E-state index contributed by atoms with van der Waals surface area (Å²) < 4.78 is 72.3. The standard InChI is InChI=1S/C19H14F3N3O6S/c1-10-14(9-23-31-10)17(26)24-12-4-7-16(15(8-12)19(20,21)22)25-32(29,30)13-5-2-11(3-6-13)18(27)28/h2-9,25H,1H3,(H,24,26)(H,27,28). The summed E-state index contributed by atoms with van der Waals surface area (Å²) in [6.07, 6.45) is -3.85. The maximum atomic E-state index is 13.6. The van der Waals surface area contributed by atoms with Crippen LogP contribution in [0.2, 0.25) is 0 Å². The van der Waals surface area contributed by atoms with Gasteiger partial charge >= 0.3 is 12.1 Å². The first-order valence-electron chi connectivity index (χ1n) is 8.68. The summed E-state index contributed by atoms with van der Waals surface area (Å²) >= 11 is 0. The molecule has 1 amide bonds. The molecule has 0 spiro atoms. The van der Waals surface area contributed by atoms with Gasteiger partial charge in [-0.3, -0.25) is 9.52 Å². The predicted molar refractivity (Wildman–Crippen MR) is 105 cm³/mol. The molecule has 13 heteroatoms. The highest BCUT2D eigenvalue weighted by molar-refractivity contribution is 7.92. The molecule has 3 aromatic rings. The van der Waals surface area contributed by atoms with Gasteiger partial charge in [-0.15, -0.1) is 0 Å². The molecule has 2 aromatic carbocycles. The summed E-state index contributed by atoms with van der Waals surface area (Å²) in [4.78, 5) is 22.6. The van der Waals surface area contributed by atoms with Crippen LogP contribution in [0.5, 0.6) is 0 Å². The molecule has 0 aliphatic carbocycles. The summed E-state index contributed by atoms with van der Waals surface area (Å²) in [5.74, 6) is -1.89. The first-order valence-corrected chi connectivity index (χ1v) is 10.2. The van der Waals surface area contributed by atoms with Gasteiger partial charge < -0.3 is 14.9 Å². The zero-order valence-electron chi connectivity index (χ0n) is 16.1. The number of aryl methyl sites for hydroxylation is 1. The number of nitrogens with zero attached hydrogens (tertiary/aromatic N) is 1. The summed E-state index contributed by atoms with van der Waals surface area (Å²) in [7, 11) is -4.47. The van der Waals surface area contributed by atoms with Crippen LogP contribution in [0.25, 0.3) is 0 Å².